The van der Waals surface area contributed by atoms with Crippen LogP contribution in [0.4, 0.5) is 23.2 Å². The van der Waals surface area contributed by atoms with E-state index in [9.17, 15) is 35.9 Å². The van der Waals surface area contributed by atoms with E-state index in [2.05, 4.69) is 5.32 Å². The molecule has 8 nitrogen and oxygen atoms in total. The van der Waals surface area contributed by atoms with Gasteiger partial charge in [0, 0.05) is 56.6 Å². The molecule has 0 aliphatic carbocycles. The number of ether oxygens (including phenoxy) is 2. The highest BCUT2D eigenvalue weighted by Gasteiger charge is 2.38. The van der Waals surface area contributed by atoms with E-state index >= 15 is 0 Å². The molecule has 0 aromatic heterocycles. The van der Waals surface area contributed by atoms with Crippen LogP contribution in [0.3, 0.4) is 0 Å². The SMILES string of the molecule is COCCC1(O)COCCN(S(=O)(=O)c2cc(C(=O)Nc3cc(F)c(F)c(F)c3)ccc2F)C1. The molecule has 13 heteroatoms. The molecule has 1 heterocycles. The van der Waals surface area contributed by atoms with Crippen LogP contribution >= 0.6 is 0 Å². The standard InChI is InChI=1S/C21H22F4N2O6S/c1-32-6-4-21(29)11-27(5-7-33-12-21)34(30,31)18-8-13(2-3-15(18)22)20(28)26-14-9-16(23)19(25)17(24)10-14/h2-3,8-10,29H,4-7,11-12H2,1H3,(H,26,28). The second-order valence-corrected chi connectivity index (χ2v) is 9.62. The molecule has 2 N–H and O–H groups in total. The molecule has 0 bridgehead atoms. The van der Waals surface area contributed by atoms with Crippen molar-refractivity contribution in [3.05, 3.63) is 59.2 Å². The van der Waals surface area contributed by atoms with Crippen LogP contribution in [0, 0.1) is 23.3 Å². The van der Waals surface area contributed by atoms with E-state index in [0.717, 1.165) is 22.5 Å². The second-order valence-electron chi connectivity index (χ2n) is 7.71. The van der Waals surface area contributed by atoms with Crippen LogP contribution in [0.1, 0.15) is 16.8 Å². The summed E-state index contributed by atoms with van der Waals surface area (Å²) in [6, 6.07) is 3.56. The maximum atomic E-state index is 14.6. The number of nitrogens with one attached hydrogen (secondary N) is 1. The number of benzene rings is 2. The molecule has 1 atom stereocenters. The fourth-order valence-corrected chi connectivity index (χ4v) is 4.94. The molecular formula is C21H22F4N2O6S. The van der Waals surface area contributed by atoms with Crippen LogP contribution in [0.2, 0.25) is 0 Å². The highest BCUT2D eigenvalue weighted by Crippen LogP contribution is 2.26. The fraction of sp³-hybridized carbons (Fsp3) is 0.381. The van der Waals surface area contributed by atoms with Gasteiger partial charge < -0.3 is 19.9 Å². The molecule has 1 saturated heterocycles. The van der Waals surface area contributed by atoms with Crippen molar-refractivity contribution < 1.29 is 45.4 Å². The van der Waals surface area contributed by atoms with Crippen LogP contribution in [-0.4, -0.2) is 69.4 Å². The van der Waals surface area contributed by atoms with Gasteiger partial charge in [0.2, 0.25) is 10.0 Å². The molecule has 2 aromatic carbocycles. The predicted molar refractivity (Wildman–Crippen MR) is 112 cm³/mol. The first-order valence-corrected chi connectivity index (χ1v) is 11.5. The first-order valence-electron chi connectivity index (χ1n) is 10.0. The molecule has 186 valence electrons. The van der Waals surface area contributed by atoms with Gasteiger partial charge in [0.15, 0.2) is 17.5 Å². The molecule has 3 rings (SSSR count). The van der Waals surface area contributed by atoms with Gasteiger partial charge in [-0.2, -0.15) is 4.31 Å². The summed E-state index contributed by atoms with van der Waals surface area (Å²) >= 11 is 0. The van der Waals surface area contributed by atoms with Crippen molar-refractivity contribution in [3.63, 3.8) is 0 Å². The third-order valence-corrected chi connectivity index (χ3v) is 7.01. The number of carbonyl (C=O) groups excluding carboxylic acids is 1. The number of rotatable bonds is 7. The molecule has 0 spiro atoms. The smallest absolute Gasteiger partial charge is 0.255 e. The van der Waals surface area contributed by atoms with E-state index in [1.807, 2.05) is 0 Å². The predicted octanol–water partition coefficient (Wildman–Crippen LogP) is 2.28. The van der Waals surface area contributed by atoms with Gasteiger partial charge in [0.1, 0.15) is 16.3 Å². The molecule has 2 aromatic rings. The number of halogens is 4. The first-order chi connectivity index (χ1) is 16.0. The van der Waals surface area contributed by atoms with Crippen molar-refractivity contribution in [2.75, 3.05) is 45.3 Å². The normalized spacial score (nSPS) is 19.6. The lowest BCUT2D eigenvalue weighted by Crippen LogP contribution is -2.47. The summed E-state index contributed by atoms with van der Waals surface area (Å²) in [6.07, 6.45) is 0.0608. The average Bonchev–Trinajstić information content (AvgIpc) is 2.98. The zero-order valence-electron chi connectivity index (χ0n) is 18.0. The monoisotopic (exact) mass is 506 g/mol. The summed E-state index contributed by atoms with van der Waals surface area (Å²) in [5, 5.41) is 12.8. The number of sulfonamides is 1. The van der Waals surface area contributed by atoms with E-state index in [1.165, 1.54) is 7.11 Å². The van der Waals surface area contributed by atoms with E-state index in [1.54, 1.807) is 0 Å². The Morgan fingerprint density at radius 1 is 1.18 bits per heavy atom. The van der Waals surface area contributed by atoms with Gasteiger partial charge in [-0.1, -0.05) is 0 Å². The lowest BCUT2D eigenvalue weighted by Gasteiger charge is -2.30. The van der Waals surface area contributed by atoms with Crippen molar-refractivity contribution in [2.45, 2.75) is 16.9 Å². The summed E-state index contributed by atoms with van der Waals surface area (Å²) < 4.78 is 92.0. The topological polar surface area (TPSA) is 105 Å². The zero-order chi connectivity index (χ0) is 25.1. The molecule has 1 aliphatic rings. The van der Waals surface area contributed by atoms with Crippen molar-refractivity contribution in [2.24, 2.45) is 0 Å². The number of hydrogen-bond donors (Lipinski definition) is 2. The third-order valence-electron chi connectivity index (χ3n) is 5.15. The van der Waals surface area contributed by atoms with Gasteiger partial charge in [0.05, 0.1) is 13.2 Å². The highest BCUT2D eigenvalue weighted by atomic mass is 32.2. The Labute approximate surface area is 193 Å². The first kappa shape index (κ1) is 26.0. The third kappa shape index (κ3) is 5.73. The van der Waals surface area contributed by atoms with Crippen LogP contribution in [0.5, 0.6) is 0 Å². The Kier molecular flexibility index (Phi) is 7.93. The Morgan fingerprint density at radius 2 is 1.85 bits per heavy atom. The second kappa shape index (κ2) is 10.4. The van der Waals surface area contributed by atoms with Crippen LogP contribution < -0.4 is 5.32 Å². The van der Waals surface area contributed by atoms with Crippen molar-refractivity contribution in [1.29, 1.82) is 0 Å². The van der Waals surface area contributed by atoms with Crippen molar-refractivity contribution in [1.82, 2.24) is 4.31 Å². The lowest BCUT2D eigenvalue weighted by atomic mass is 10.0. The summed E-state index contributed by atoms with van der Waals surface area (Å²) in [5.41, 5.74) is -2.35. The van der Waals surface area contributed by atoms with E-state index in [-0.39, 0.29) is 38.3 Å². The van der Waals surface area contributed by atoms with Gasteiger partial charge in [-0.05, 0) is 18.2 Å². The van der Waals surface area contributed by atoms with Gasteiger partial charge in [-0.25, -0.2) is 26.0 Å². The number of amides is 1. The van der Waals surface area contributed by atoms with Gasteiger partial charge >= 0.3 is 0 Å². The molecular weight excluding hydrogens is 484 g/mol. The molecule has 1 aliphatic heterocycles. The number of hydrogen-bond acceptors (Lipinski definition) is 6. The minimum atomic E-state index is -4.53. The zero-order valence-corrected chi connectivity index (χ0v) is 18.8. The van der Waals surface area contributed by atoms with Crippen LogP contribution in [0.15, 0.2) is 35.2 Å². The number of carbonyl (C=O) groups is 1. The highest BCUT2D eigenvalue weighted by molar-refractivity contribution is 7.89. The molecule has 1 unspecified atom stereocenters. The van der Waals surface area contributed by atoms with E-state index in [0.29, 0.717) is 12.1 Å². The number of aliphatic hydroxyl groups is 1. The molecule has 0 radical (unpaired) electrons. The van der Waals surface area contributed by atoms with E-state index < -0.39 is 61.9 Å². The van der Waals surface area contributed by atoms with Crippen molar-refractivity contribution >= 4 is 21.6 Å². The molecule has 0 saturated carbocycles. The summed E-state index contributed by atoms with van der Waals surface area (Å²) in [5.74, 6) is -6.97. The van der Waals surface area contributed by atoms with Crippen LogP contribution in [-0.2, 0) is 19.5 Å². The quantitative estimate of drug-likeness (QED) is 0.441. The van der Waals surface area contributed by atoms with Gasteiger partial charge in [-0.3, -0.25) is 4.79 Å². The maximum absolute atomic E-state index is 14.6. The summed E-state index contributed by atoms with van der Waals surface area (Å²) in [7, 11) is -3.12. The van der Waals surface area contributed by atoms with Crippen LogP contribution in [0.25, 0.3) is 0 Å². The molecule has 34 heavy (non-hydrogen) atoms. The Morgan fingerprint density at radius 3 is 2.50 bits per heavy atom. The largest absolute Gasteiger partial charge is 0.386 e. The van der Waals surface area contributed by atoms with E-state index in [4.69, 9.17) is 9.47 Å². The Bertz CT molecular complexity index is 1160. The minimum absolute atomic E-state index is 0.0575. The number of methoxy groups -OCH3 is 1. The lowest BCUT2D eigenvalue weighted by molar-refractivity contribution is -0.0493. The average molecular weight is 506 g/mol. The number of β-amino-alcohol motifs (C(OH)–C–C–N with tert-alkyl or cyclic N) is 1. The minimum Gasteiger partial charge on any atom is -0.386 e. The van der Waals surface area contributed by atoms with Gasteiger partial charge in [-0.15, -0.1) is 0 Å². The molecule has 1 amide bonds. The summed E-state index contributed by atoms with van der Waals surface area (Å²) in [4.78, 5) is 11.7. The number of anilines is 1. The fourth-order valence-electron chi connectivity index (χ4n) is 3.34. The molecule has 1 fully saturated rings. The Balaban J connectivity index is 1.89. The Hall–Kier alpha value is -2.58. The maximum Gasteiger partial charge on any atom is 0.255 e. The van der Waals surface area contributed by atoms with Gasteiger partial charge in [0.25, 0.3) is 5.91 Å². The summed E-state index contributed by atoms with van der Waals surface area (Å²) in [6.45, 7) is -0.664. The number of nitrogens with zero attached hydrogens (tertiary/aromatic N) is 1. The van der Waals surface area contributed by atoms with Crippen molar-refractivity contribution in [3.8, 4) is 0 Å².